The number of ketones is 1. The van der Waals surface area contributed by atoms with Crippen molar-refractivity contribution in [2.24, 2.45) is 5.92 Å². The van der Waals surface area contributed by atoms with Crippen molar-refractivity contribution in [1.29, 1.82) is 0 Å². The van der Waals surface area contributed by atoms with Gasteiger partial charge >= 0.3 is 0 Å². The van der Waals surface area contributed by atoms with E-state index >= 15 is 0 Å². The number of allylic oxidation sites excluding steroid dienone is 1. The monoisotopic (exact) mass is 246 g/mol. The normalized spacial score (nSPS) is 11.4. The van der Waals surface area contributed by atoms with Crippen LogP contribution in [0.15, 0.2) is 30.3 Å². The van der Waals surface area contributed by atoms with Gasteiger partial charge in [-0.15, -0.1) is 0 Å². The Morgan fingerprint density at radius 2 is 1.78 bits per heavy atom. The summed E-state index contributed by atoms with van der Waals surface area (Å²) in [7, 11) is 0. The minimum Gasteiger partial charge on any atom is -0.491 e. The number of hydrogen-bond donors (Lipinski definition) is 0. The maximum absolute atomic E-state index is 11.4. The summed E-state index contributed by atoms with van der Waals surface area (Å²) >= 11 is 0. The van der Waals surface area contributed by atoms with Crippen molar-refractivity contribution in [2.75, 3.05) is 0 Å². The molecule has 0 bridgehead atoms. The molecule has 0 aromatic heterocycles. The summed E-state index contributed by atoms with van der Waals surface area (Å²) in [6.45, 7) is 7.86. The van der Waals surface area contributed by atoms with E-state index in [2.05, 4.69) is 0 Å². The van der Waals surface area contributed by atoms with Crippen LogP contribution in [0.1, 0.15) is 39.7 Å². The molecule has 0 saturated carbocycles. The lowest BCUT2D eigenvalue weighted by molar-refractivity contribution is -0.121. The topological polar surface area (TPSA) is 26.3 Å². The fourth-order valence-electron chi connectivity index (χ4n) is 1.48. The molecule has 1 aromatic carbocycles. The average molecular weight is 246 g/mol. The highest BCUT2D eigenvalue weighted by Crippen LogP contribution is 2.15. The predicted octanol–water partition coefficient (Wildman–Crippen LogP) is 4.10. The van der Waals surface area contributed by atoms with E-state index in [1.54, 1.807) is 0 Å². The van der Waals surface area contributed by atoms with Crippen LogP contribution in [-0.4, -0.2) is 11.9 Å². The van der Waals surface area contributed by atoms with Gasteiger partial charge in [0, 0.05) is 12.3 Å². The third-order valence-electron chi connectivity index (χ3n) is 2.53. The minimum absolute atomic E-state index is 0.108. The van der Waals surface area contributed by atoms with Crippen LogP contribution >= 0.6 is 0 Å². The van der Waals surface area contributed by atoms with Crippen molar-refractivity contribution in [3.05, 3.63) is 35.9 Å². The van der Waals surface area contributed by atoms with Crippen LogP contribution in [0.3, 0.4) is 0 Å². The Morgan fingerprint density at radius 3 is 2.28 bits per heavy atom. The molecule has 0 amide bonds. The molecule has 0 heterocycles. The SMILES string of the molecule is CC(C)Oc1ccc(/C=C\CC(=O)C(C)C)cc1. The molecular formula is C16H22O2. The van der Waals surface area contributed by atoms with E-state index in [4.69, 9.17) is 4.74 Å². The summed E-state index contributed by atoms with van der Waals surface area (Å²) in [6.07, 6.45) is 4.58. The zero-order valence-electron chi connectivity index (χ0n) is 11.6. The fraction of sp³-hybridized carbons (Fsp3) is 0.438. The number of hydrogen-bond acceptors (Lipinski definition) is 2. The number of carbonyl (C=O) groups is 1. The van der Waals surface area contributed by atoms with Crippen LogP contribution in [0.5, 0.6) is 5.75 Å². The van der Waals surface area contributed by atoms with E-state index in [-0.39, 0.29) is 17.8 Å². The Balaban J connectivity index is 2.53. The van der Waals surface area contributed by atoms with E-state index in [9.17, 15) is 4.79 Å². The molecule has 0 saturated heterocycles. The summed E-state index contributed by atoms with van der Waals surface area (Å²) in [5.41, 5.74) is 1.09. The maximum Gasteiger partial charge on any atom is 0.139 e. The van der Waals surface area contributed by atoms with Crippen molar-refractivity contribution in [3.8, 4) is 5.75 Å². The maximum atomic E-state index is 11.4. The molecule has 0 radical (unpaired) electrons. The van der Waals surface area contributed by atoms with Gasteiger partial charge in [-0.3, -0.25) is 4.79 Å². The van der Waals surface area contributed by atoms with Crippen LogP contribution in [0, 0.1) is 5.92 Å². The lowest BCUT2D eigenvalue weighted by Crippen LogP contribution is -2.05. The van der Waals surface area contributed by atoms with Gasteiger partial charge < -0.3 is 4.74 Å². The zero-order valence-corrected chi connectivity index (χ0v) is 11.6. The second kappa shape index (κ2) is 7.00. The summed E-state index contributed by atoms with van der Waals surface area (Å²) < 4.78 is 5.57. The highest BCUT2D eigenvalue weighted by molar-refractivity contribution is 5.82. The summed E-state index contributed by atoms with van der Waals surface area (Å²) in [5.74, 6) is 1.25. The third-order valence-corrected chi connectivity index (χ3v) is 2.53. The third kappa shape index (κ3) is 5.17. The van der Waals surface area contributed by atoms with Gasteiger partial charge in [-0.05, 0) is 31.5 Å². The highest BCUT2D eigenvalue weighted by atomic mass is 16.5. The highest BCUT2D eigenvalue weighted by Gasteiger charge is 2.03. The molecule has 0 unspecified atom stereocenters. The molecule has 0 fully saturated rings. The first kappa shape index (κ1) is 14.5. The number of benzene rings is 1. The van der Waals surface area contributed by atoms with E-state index in [1.807, 2.05) is 64.1 Å². The molecule has 0 aliphatic carbocycles. The van der Waals surface area contributed by atoms with E-state index in [0.717, 1.165) is 11.3 Å². The summed E-state index contributed by atoms with van der Waals surface area (Å²) in [4.78, 5) is 11.4. The second-order valence-corrected chi connectivity index (χ2v) is 4.96. The number of Topliss-reactive ketones (excluding diaryl/α,β-unsaturated/α-hetero) is 1. The van der Waals surface area contributed by atoms with Crippen LogP contribution < -0.4 is 4.74 Å². The van der Waals surface area contributed by atoms with Gasteiger partial charge in [-0.2, -0.15) is 0 Å². The Hall–Kier alpha value is -1.57. The van der Waals surface area contributed by atoms with Crippen molar-refractivity contribution in [2.45, 2.75) is 40.2 Å². The Kier molecular flexibility index (Phi) is 5.63. The largest absolute Gasteiger partial charge is 0.491 e. The van der Waals surface area contributed by atoms with Crippen molar-refractivity contribution >= 4 is 11.9 Å². The van der Waals surface area contributed by atoms with Crippen LogP contribution in [0.4, 0.5) is 0 Å². The number of rotatable bonds is 6. The Bertz CT molecular complexity index is 400. The van der Waals surface area contributed by atoms with E-state index in [1.165, 1.54) is 0 Å². The molecular weight excluding hydrogens is 224 g/mol. The molecule has 98 valence electrons. The molecule has 2 heteroatoms. The lowest BCUT2D eigenvalue weighted by atomic mass is 10.1. The smallest absolute Gasteiger partial charge is 0.139 e. The standard InChI is InChI=1S/C16H22O2/c1-12(2)16(17)7-5-6-14-8-10-15(11-9-14)18-13(3)4/h5-6,8-13H,7H2,1-4H3/b6-5-. The quantitative estimate of drug-likeness (QED) is 0.755. The molecule has 0 aliphatic rings. The van der Waals surface area contributed by atoms with Gasteiger partial charge in [0.05, 0.1) is 6.10 Å². The fourth-order valence-corrected chi connectivity index (χ4v) is 1.48. The molecule has 0 N–H and O–H groups in total. The minimum atomic E-state index is 0.108. The molecule has 18 heavy (non-hydrogen) atoms. The predicted molar refractivity (Wildman–Crippen MR) is 75.7 cm³/mol. The summed E-state index contributed by atoms with van der Waals surface area (Å²) in [6, 6.07) is 7.88. The van der Waals surface area contributed by atoms with Gasteiger partial charge in [0.15, 0.2) is 0 Å². The Labute approximate surface area is 110 Å². The molecule has 0 aliphatic heterocycles. The van der Waals surface area contributed by atoms with Crippen LogP contribution in [0.25, 0.3) is 6.08 Å². The molecule has 0 atom stereocenters. The Morgan fingerprint density at radius 1 is 1.17 bits per heavy atom. The van der Waals surface area contributed by atoms with Gasteiger partial charge in [0.1, 0.15) is 11.5 Å². The number of carbonyl (C=O) groups excluding carboxylic acids is 1. The average Bonchev–Trinajstić information content (AvgIpc) is 2.30. The van der Waals surface area contributed by atoms with Crippen molar-refractivity contribution in [1.82, 2.24) is 0 Å². The number of ether oxygens (including phenoxy) is 1. The zero-order chi connectivity index (χ0) is 13.5. The van der Waals surface area contributed by atoms with Gasteiger partial charge in [-0.1, -0.05) is 38.1 Å². The first-order chi connectivity index (χ1) is 8.49. The van der Waals surface area contributed by atoms with Crippen LogP contribution in [0.2, 0.25) is 0 Å². The van der Waals surface area contributed by atoms with E-state index in [0.29, 0.717) is 6.42 Å². The first-order valence-corrected chi connectivity index (χ1v) is 6.45. The second-order valence-electron chi connectivity index (χ2n) is 4.96. The molecule has 2 nitrogen and oxygen atoms in total. The van der Waals surface area contributed by atoms with Crippen molar-refractivity contribution in [3.63, 3.8) is 0 Å². The summed E-state index contributed by atoms with van der Waals surface area (Å²) in [5, 5.41) is 0. The van der Waals surface area contributed by atoms with Crippen molar-refractivity contribution < 1.29 is 9.53 Å². The molecule has 1 rings (SSSR count). The van der Waals surface area contributed by atoms with Gasteiger partial charge in [0.25, 0.3) is 0 Å². The van der Waals surface area contributed by atoms with Gasteiger partial charge in [-0.25, -0.2) is 0 Å². The van der Waals surface area contributed by atoms with Crippen LogP contribution in [-0.2, 0) is 4.79 Å². The first-order valence-electron chi connectivity index (χ1n) is 6.45. The molecule has 1 aromatic rings. The lowest BCUT2D eigenvalue weighted by Gasteiger charge is -2.09. The van der Waals surface area contributed by atoms with Gasteiger partial charge in [0.2, 0.25) is 0 Å². The van der Waals surface area contributed by atoms with E-state index < -0.39 is 0 Å². The molecule has 0 spiro atoms.